The molecular formula is C9H12BrNOS. The first-order valence-corrected chi connectivity index (χ1v) is 5.92. The zero-order valence-corrected chi connectivity index (χ0v) is 10.0. The summed E-state index contributed by atoms with van der Waals surface area (Å²) in [5.74, 6) is 0. The van der Waals surface area contributed by atoms with Crippen molar-refractivity contribution in [3.05, 3.63) is 14.2 Å². The average molecular weight is 262 g/mol. The van der Waals surface area contributed by atoms with Crippen LogP contribution in [-0.2, 0) is 11.2 Å². The Kier molecular flexibility index (Phi) is 2.38. The van der Waals surface area contributed by atoms with Gasteiger partial charge >= 0.3 is 0 Å². The Morgan fingerprint density at radius 2 is 2.23 bits per heavy atom. The third-order valence-corrected chi connectivity index (χ3v) is 4.44. The minimum absolute atomic E-state index is 0.192. The van der Waals surface area contributed by atoms with Crippen LogP contribution in [0.2, 0.25) is 0 Å². The highest BCUT2D eigenvalue weighted by Crippen LogP contribution is 2.43. The van der Waals surface area contributed by atoms with Crippen molar-refractivity contribution in [2.45, 2.75) is 32.5 Å². The molecule has 13 heavy (non-hydrogen) atoms. The first-order valence-electron chi connectivity index (χ1n) is 4.31. The van der Waals surface area contributed by atoms with Crippen LogP contribution in [0.1, 0.15) is 30.4 Å². The van der Waals surface area contributed by atoms with Crippen molar-refractivity contribution in [2.75, 3.05) is 5.73 Å². The molecule has 4 heteroatoms. The monoisotopic (exact) mass is 261 g/mol. The molecule has 2 heterocycles. The highest BCUT2D eigenvalue weighted by molar-refractivity contribution is 9.11. The van der Waals surface area contributed by atoms with E-state index >= 15 is 0 Å². The largest absolute Gasteiger partial charge is 0.397 e. The number of nitrogen functional groups attached to an aromatic ring is 1. The van der Waals surface area contributed by atoms with Crippen LogP contribution in [-0.4, -0.2) is 6.10 Å². The van der Waals surface area contributed by atoms with Gasteiger partial charge in [0.25, 0.3) is 0 Å². The Labute approximate surface area is 90.2 Å². The van der Waals surface area contributed by atoms with Gasteiger partial charge in [-0.15, -0.1) is 11.3 Å². The second-order valence-electron chi connectivity index (χ2n) is 3.43. The van der Waals surface area contributed by atoms with Gasteiger partial charge in [0.15, 0.2) is 0 Å². The van der Waals surface area contributed by atoms with E-state index in [9.17, 15) is 0 Å². The maximum absolute atomic E-state index is 5.96. The molecule has 2 atom stereocenters. The maximum Gasteiger partial charge on any atom is 0.0934 e. The SMILES string of the molecule is CC1Cc2c(sc(Br)c2N)C(C)O1. The van der Waals surface area contributed by atoms with Crippen LogP contribution in [0.3, 0.4) is 0 Å². The number of halogens is 1. The van der Waals surface area contributed by atoms with Crippen LogP contribution in [0.15, 0.2) is 3.79 Å². The topological polar surface area (TPSA) is 35.2 Å². The summed E-state index contributed by atoms with van der Waals surface area (Å²) in [4.78, 5) is 1.28. The molecule has 0 spiro atoms. The number of ether oxygens (including phenoxy) is 1. The molecule has 1 aliphatic heterocycles. The van der Waals surface area contributed by atoms with Gasteiger partial charge in [-0.2, -0.15) is 0 Å². The van der Waals surface area contributed by atoms with E-state index in [1.54, 1.807) is 11.3 Å². The van der Waals surface area contributed by atoms with Gasteiger partial charge in [0, 0.05) is 11.3 Å². The lowest BCUT2D eigenvalue weighted by Crippen LogP contribution is -2.21. The van der Waals surface area contributed by atoms with Crippen LogP contribution >= 0.6 is 27.3 Å². The van der Waals surface area contributed by atoms with Crippen molar-refractivity contribution in [3.8, 4) is 0 Å². The third kappa shape index (κ3) is 1.51. The van der Waals surface area contributed by atoms with Crippen LogP contribution in [0, 0.1) is 0 Å². The van der Waals surface area contributed by atoms with E-state index in [4.69, 9.17) is 10.5 Å². The van der Waals surface area contributed by atoms with E-state index < -0.39 is 0 Å². The van der Waals surface area contributed by atoms with Gasteiger partial charge in [0.05, 0.1) is 21.7 Å². The number of fused-ring (bicyclic) bond motifs is 1. The minimum atomic E-state index is 0.192. The lowest BCUT2D eigenvalue weighted by atomic mass is 10.0. The van der Waals surface area contributed by atoms with Crippen molar-refractivity contribution in [2.24, 2.45) is 0 Å². The van der Waals surface area contributed by atoms with Crippen LogP contribution < -0.4 is 5.73 Å². The Bertz CT molecular complexity index is 337. The Morgan fingerprint density at radius 3 is 2.92 bits per heavy atom. The van der Waals surface area contributed by atoms with Gasteiger partial charge in [-0.05, 0) is 35.3 Å². The summed E-state index contributed by atoms with van der Waals surface area (Å²) in [5.41, 5.74) is 8.14. The number of nitrogens with two attached hydrogens (primary N) is 1. The molecule has 2 rings (SSSR count). The summed E-state index contributed by atoms with van der Waals surface area (Å²) in [7, 11) is 0. The van der Waals surface area contributed by atoms with Crippen LogP contribution in [0.4, 0.5) is 5.69 Å². The first kappa shape index (κ1) is 9.49. The third-order valence-electron chi connectivity index (χ3n) is 2.33. The summed E-state index contributed by atoms with van der Waals surface area (Å²) >= 11 is 5.16. The van der Waals surface area contributed by atoms with E-state index in [1.165, 1.54) is 10.4 Å². The van der Waals surface area contributed by atoms with E-state index in [0.717, 1.165) is 15.9 Å². The van der Waals surface area contributed by atoms with Crippen molar-refractivity contribution in [1.82, 2.24) is 0 Å². The Hall–Kier alpha value is -0.0600. The van der Waals surface area contributed by atoms with Crippen LogP contribution in [0.5, 0.6) is 0 Å². The zero-order valence-electron chi connectivity index (χ0n) is 7.63. The summed E-state index contributed by atoms with van der Waals surface area (Å²) < 4.78 is 6.76. The molecular weight excluding hydrogens is 250 g/mol. The molecule has 0 radical (unpaired) electrons. The molecule has 0 saturated heterocycles. The molecule has 0 aliphatic carbocycles. The van der Waals surface area contributed by atoms with Crippen molar-refractivity contribution < 1.29 is 4.74 Å². The molecule has 1 aromatic heterocycles. The normalized spacial score (nSPS) is 27.3. The predicted molar refractivity (Wildman–Crippen MR) is 59.1 cm³/mol. The molecule has 0 amide bonds. The summed E-state index contributed by atoms with van der Waals surface area (Å²) in [6, 6.07) is 0. The van der Waals surface area contributed by atoms with Gasteiger partial charge in [0.1, 0.15) is 0 Å². The fourth-order valence-corrected chi connectivity index (χ4v) is 3.48. The van der Waals surface area contributed by atoms with Crippen LogP contribution in [0.25, 0.3) is 0 Å². The lowest BCUT2D eigenvalue weighted by molar-refractivity contribution is -0.00196. The fourth-order valence-electron chi connectivity index (χ4n) is 1.75. The summed E-state index contributed by atoms with van der Waals surface area (Å²) in [6.45, 7) is 4.17. The first-order chi connectivity index (χ1) is 6.09. The van der Waals surface area contributed by atoms with Gasteiger partial charge in [-0.1, -0.05) is 0 Å². The molecule has 1 aliphatic rings. The number of rotatable bonds is 0. The van der Waals surface area contributed by atoms with E-state index in [0.29, 0.717) is 0 Å². The minimum Gasteiger partial charge on any atom is -0.397 e. The van der Waals surface area contributed by atoms with E-state index in [1.807, 2.05) is 0 Å². The Morgan fingerprint density at radius 1 is 1.54 bits per heavy atom. The quantitative estimate of drug-likeness (QED) is 0.779. The number of thiophene rings is 1. The molecule has 2 unspecified atom stereocenters. The van der Waals surface area contributed by atoms with E-state index in [-0.39, 0.29) is 12.2 Å². The highest BCUT2D eigenvalue weighted by atomic mass is 79.9. The second kappa shape index (κ2) is 3.26. The smallest absolute Gasteiger partial charge is 0.0934 e. The van der Waals surface area contributed by atoms with Gasteiger partial charge in [0.2, 0.25) is 0 Å². The Balaban J connectivity index is 2.49. The lowest BCUT2D eigenvalue weighted by Gasteiger charge is -2.25. The number of hydrogen-bond acceptors (Lipinski definition) is 3. The zero-order chi connectivity index (χ0) is 9.59. The van der Waals surface area contributed by atoms with Crippen molar-refractivity contribution >= 4 is 33.0 Å². The number of anilines is 1. The van der Waals surface area contributed by atoms with Gasteiger partial charge in [-0.25, -0.2) is 0 Å². The van der Waals surface area contributed by atoms with Crippen molar-refractivity contribution in [1.29, 1.82) is 0 Å². The molecule has 0 fully saturated rings. The molecule has 0 aromatic carbocycles. The summed E-state index contributed by atoms with van der Waals surface area (Å²) in [5, 5.41) is 0. The molecule has 1 aromatic rings. The fraction of sp³-hybridized carbons (Fsp3) is 0.556. The van der Waals surface area contributed by atoms with Crippen molar-refractivity contribution in [3.63, 3.8) is 0 Å². The van der Waals surface area contributed by atoms with E-state index in [2.05, 4.69) is 29.8 Å². The van der Waals surface area contributed by atoms with Gasteiger partial charge < -0.3 is 10.5 Å². The standard InChI is InChI=1S/C9H12BrNOS/c1-4-3-6-7(11)9(10)13-8(6)5(2)12-4/h4-5H,3,11H2,1-2H3. The molecule has 0 saturated carbocycles. The number of hydrogen-bond donors (Lipinski definition) is 1. The maximum atomic E-state index is 5.96. The predicted octanol–water partition coefficient (Wildman–Crippen LogP) is 3.12. The highest BCUT2D eigenvalue weighted by Gasteiger charge is 2.27. The molecule has 72 valence electrons. The summed E-state index contributed by atoms with van der Waals surface area (Å²) in [6.07, 6.45) is 1.41. The average Bonchev–Trinajstić information content (AvgIpc) is 2.32. The van der Waals surface area contributed by atoms with Gasteiger partial charge in [-0.3, -0.25) is 0 Å². The molecule has 0 bridgehead atoms. The molecule has 2 N–H and O–H groups in total. The molecule has 2 nitrogen and oxygen atoms in total. The second-order valence-corrected chi connectivity index (χ2v) is 5.80.